The average molecular weight is 264 g/mol. The quantitative estimate of drug-likeness (QED) is 0.851. The first-order valence-corrected chi connectivity index (χ1v) is 7.60. The number of hydrogen-bond donors (Lipinski definition) is 1. The minimum atomic E-state index is 0.611. The molecule has 1 aliphatic rings. The number of rotatable bonds is 6. The van der Waals surface area contributed by atoms with Gasteiger partial charge in [0, 0.05) is 38.4 Å². The molecule has 4 nitrogen and oxygen atoms in total. The lowest BCUT2D eigenvalue weighted by molar-refractivity contribution is 0.187. The summed E-state index contributed by atoms with van der Waals surface area (Å²) in [5, 5.41) is 7.89. The molecule has 0 radical (unpaired) electrons. The molecule has 1 aromatic rings. The number of nitrogens with one attached hydrogen (secondary N) is 1. The van der Waals surface area contributed by atoms with Crippen LogP contribution < -0.4 is 5.32 Å². The van der Waals surface area contributed by atoms with Crippen LogP contribution in [0.25, 0.3) is 0 Å². The van der Waals surface area contributed by atoms with E-state index in [0.717, 1.165) is 13.0 Å². The number of piperidine rings is 1. The van der Waals surface area contributed by atoms with Crippen molar-refractivity contribution >= 4 is 0 Å². The van der Waals surface area contributed by atoms with Gasteiger partial charge in [0.2, 0.25) is 0 Å². The molecule has 2 rings (SSSR count). The van der Waals surface area contributed by atoms with Crippen molar-refractivity contribution in [2.75, 3.05) is 19.6 Å². The predicted molar refractivity (Wildman–Crippen MR) is 79.3 cm³/mol. The van der Waals surface area contributed by atoms with Crippen LogP contribution in [0.5, 0.6) is 0 Å². The summed E-state index contributed by atoms with van der Waals surface area (Å²) < 4.78 is 1.89. The minimum absolute atomic E-state index is 0.611. The van der Waals surface area contributed by atoms with Crippen LogP contribution in [0.15, 0.2) is 12.4 Å². The summed E-state index contributed by atoms with van der Waals surface area (Å²) in [4.78, 5) is 2.59. The third kappa shape index (κ3) is 4.62. The van der Waals surface area contributed by atoms with Gasteiger partial charge in [-0.3, -0.25) is 9.58 Å². The summed E-state index contributed by atoms with van der Waals surface area (Å²) in [6, 6.07) is 1.30. The average Bonchev–Trinajstić information content (AvgIpc) is 2.81. The Labute approximate surface area is 117 Å². The smallest absolute Gasteiger partial charge is 0.0522 e. The van der Waals surface area contributed by atoms with Gasteiger partial charge in [-0.05, 0) is 45.2 Å². The lowest BCUT2D eigenvalue weighted by atomic mass is 10.0. The second kappa shape index (κ2) is 7.06. The van der Waals surface area contributed by atoms with E-state index in [1.165, 1.54) is 37.9 Å². The third-order valence-electron chi connectivity index (χ3n) is 4.04. The Hall–Kier alpha value is -0.870. The van der Waals surface area contributed by atoms with Crippen LogP contribution in [0.1, 0.15) is 38.7 Å². The van der Waals surface area contributed by atoms with Crippen molar-refractivity contribution in [3.63, 3.8) is 0 Å². The van der Waals surface area contributed by atoms with E-state index in [0.29, 0.717) is 12.1 Å². The minimum Gasteiger partial charge on any atom is -0.313 e. The van der Waals surface area contributed by atoms with Crippen LogP contribution in [-0.4, -0.2) is 46.4 Å². The molecule has 1 unspecified atom stereocenters. The van der Waals surface area contributed by atoms with Crippen molar-refractivity contribution in [2.24, 2.45) is 7.05 Å². The molecule has 1 saturated heterocycles. The second-order valence-electron chi connectivity index (χ2n) is 6.01. The molecule has 108 valence electrons. The van der Waals surface area contributed by atoms with Crippen molar-refractivity contribution in [1.29, 1.82) is 0 Å². The maximum absolute atomic E-state index is 4.24. The maximum atomic E-state index is 4.24. The van der Waals surface area contributed by atoms with Gasteiger partial charge < -0.3 is 5.32 Å². The summed E-state index contributed by atoms with van der Waals surface area (Å²) in [5.41, 5.74) is 1.34. The first-order valence-electron chi connectivity index (χ1n) is 7.60. The second-order valence-corrected chi connectivity index (χ2v) is 6.01. The fraction of sp³-hybridized carbons (Fsp3) is 0.800. The SMILES string of the molecule is CC(C)N(CCc1cnn(C)c1)CC1CCCCN1. The molecular weight excluding hydrogens is 236 g/mol. The molecular formula is C15H28N4. The van der Waals surface area contributed by atoms with E-state index in [4.69, 9.17) is 0 Å². The molecule has 1 N–H and O–H groups in total. The summed E-state index contributed by atoms with van der Waals surface area (Å²) in [7, 11) is 1.98. The van der Waals surface area contributed by atoms with Crippen molar-refractivity contribution in [1.82, 2.24) is 20.0 Å². The van der Waals surface area contributed by atoms with E-state index in [1.54, 1.807) is 0 Å². The van der Waals surface area contributed by atoms with Crippen LogP contribution in [0.2, 0.25) is 0 Å². The van der Waals surface area contributed by atoms with E-state index >= 15 is 0 Å². The number of hydrogen-bond acceptors (Lipinski definition) is 3. The molecule has 0 aromatic carbocycles. The molecule has 1 aliphatic heterocycles. The van der Waals surface area contributed by atoms with Crippen LogP contribution in [0, 0.1) is 0 Å². The van der Waals surface area contributed by atoms with Gasteiger partial charge in [-0.1, -0.05) is 6.42 Å². The number of nitrogens with zero attached hydrogens (tertiary/aromatic N) is 3. The van der Waals surface area contributed by atoms with E-state index in [2.05, 4.69) is 35.4 Å². The van der Waals surface area contributed by atoms with Gasteiger partial charge in [0.15, 0.2) is 0 Å². The van der Waals surface area contributed by atoms with Gasteiger partial charge in [-0.2, -0.15) is 5.10 Å². The lowest BCUT2D eigenvalue weighted by Crippen LogP contribution is -2.46. The molecule has 1 fully saturated rings. The number of aryl methyl sites for hydroxylation is 1. The van der Waals surface area contributed by atoms with Crippen LogP contribution >= 0.6 is 0 Å². The normalized spacial score (nSPS) is 20.4. The van der Waals surface area contributed by atoms with Gasteiger partial charge in [0.05, 0.1) is 6.20 Å². The molecule has 1 atom stereocenters. The molecule has 0 amide bonds. The largest absolute Gasteiger partial charge is 0.313 e. The fourth-order valence-corrected chi connectivity index (χ4v) is 2.80. The summed E-state index contributed by atoms with van der Waals surface area (Å²) in [6.45, 7) is 8.09. The fourth-order valence-electron chi connectivity index (χ4n) is 2.80. The molecule has 19 heavy (non-hydrogen) atoms. The Morgan fingerprint density at radius 1 is 1.47 bits per heavy atom. The van der Waals surface area contributed by atoms with Crippen molar-refractivity contribution in [3.8, 4) is 0 Å². The molecule has 2 heterocycles. The highest BCUT2D eigenvalue weighted by Crippen LogP contribution is 2.11. The Morgan fingerprint density at radius 3 is 2.89 bits per heavy atom. The van der Waals surface area contributed by atoms with Gasteiger partial charge in [0.25, 0.3) is 0 Å². The van der Waals surface area contributed by atoms with Gasteiger partial charge in [0.1, 0.15) is 0 Å². The summed E-state index contributed by atoms with van der Waals surface area (Å²) in [6.07, 6.45) is 9.25. The standard InChI is InChI=1S/C15H28N4/c1-13(2)19(12-15-6-4-5-8-16-15)9-7-14-10-17-18(3)11-14/h10-11,13,15-16H,4-9,12H2,1-3H3. The van der Waals surface area contributed by atoms with Gasteiger partial charge in [-0.25, -0.2) is 0 Å². The zero-order valence-corrected chi connectivity index (χ0v) is 12.6. The highest BCUT2D eigenvalue weighted by Gasteiger charge is 2.18. The molecule has 0 aliphatic carbocycles. The van der Waals surface area contributed by atoms with Crippen LogP contribution in [0.4, 0.5) is 0 Å². The third-order valence-corrected chi connectivity index (χ3v) is 4.04. The first kappa shape index (κ1) is 14.5. The molecule has 0 bridgehead atoms. The summed E-state index contributed by atoms with van der Waals surface area (Å²) >= 11 is 0. The predicted octanol–water partition coefficient (Wildman–Crippen LogP) is 1.82. The maximum Gasteiger partial charge on any atom is 0.0522 e. The van der Waals surface area contributed by atoms with Gasteiger partial charge >= 0.3 is 0 Å². The zero-order chi connectivity index (χ0) is 13.7. The topological polar surface area (TPSA) is 33.1 Å². The van der Waals surface area contributed by atoms with Crippen molar-refractivity contribution in [3.05, 3.63) is 18.0 Å². The van der Waals surface area contributed by atoms with E-state index < -0.39 is 0 Å². The molecule has 0 spiro atoms. The van der Waals surface area contributed by atoms with Crippen LogP contribution in [-0.2, 0) is 13.5 Å². The molecule has 1 aromatic heterocycles. The Balaban J connectivity index is 1.81. The Morgan fingerprint density at radius 2 is 2.32 bits per heavy atom. The lowest BCUT2D eigenvalue weighted by Gasteiger charge is -2.33. The van der Waals surface area contributed by atoms with Crippen molar-refractivity contribution in [2.45, 2.75) is 51.6 Å². The molecule has 0 saturated carbocycles. The van der Waals surface area contributed by atoms with Crippen LogP contribution in [0.3, 0.4) is 0 Å². The van der Waals surface area contributed by atoms with E-state index in [9.17, 15) is 0 Å². The van der Waals surface area contributed by atoms with Gasteiger partial charge in [-0.15, -0.1) is 0 Å². The first-order chi connectivity index (χ1) is 9.15. The molecule has 4 heteroatoms. The van der Waals surface area contributed by atoms with E-state index in [-0.39, 0.29) is 0 Å². The highest BCUT2D eigenvalue weighted by molar-refractivity contribution is 5.04. The van der Waals surface area contributed by atoms with Crippen molar-refractivity contribution < 1.29 is 0 Å². The zero-order valence-electron chi connectivity index (χ0n) is 12.6. The van der Waals surface area contributed by atoms with E-state index in [1.807, 2.05) is 17.9 Å². The summed E-state index contributed by atoms with van der Waals surface area (Å²) in [5.74, 6) is 0. The highest BCUT2D eigenvalue weighted by atomic mass is 15.2. The number of aromatic nitrogens is 2. The monoisotopic (exact) mass is 264 g/mol. The Bertz CT molecular complexity index is 366. The Kier molecular flexibility index (Phi) is 5.40.